The number of carbonyl (C=O) groups excluding carboxylic acids is 3. The molecular weight excluding hydrogens is 658 g/mol. The molecule has 1 amide bonds. The molecule has 4 aromatic rings. The highest BCUT2D eigenvalue weighted by molar-refractivity contribution is 6.33. The van der Waals surface area contributed by atoms with Crippen LogP contribution in [-0.2, 0) is 9.53 Å². The van der Waals surface area contributed by atoms with Crippen LogP contribution in [0.15, 0.2) is 66.9 Å². The molecule has 0 bridgehead atoms. The summed E-state index contributed by atoms with van der Waals surface area (Å²) in [4.78, 5) is 42.7. The molecule has 268 valence electrons. The van der Waals surface area contributed by atoms with Crippen LogP contribution in [0.2, 0.25) is 5.02 Å². The quantitative estimate of drug-likeness (QED) is 0.0891. The third-order valence-corrected chi connectivity index (χ3v) is 7.60. The van der Waals surface area contributed by atoms with Gasteiger partial charge in [-0.3, -0.25) is 14.4 Å². The lowest BCUT2D eigenvalue weighted by molar-refractivity contribution is -0.109. The Kier molecular flexibility index (Phi) is 18.7. The van der Waals surface area contributed by atoms with Crippen molar-refractivity contribution in [2.24, 2.45) is 11.7 Å². The molecule has 1 unspecified atom stereocenters. The molecule has 0 spiro atoms. The molecule has 0 radical (unpaired) electrons. The molecule has 13 heteroatoms. The molecule has 1 atom stereocenters. The zero-order valence-electron chi connectivity index (χ0n) is 29.5. The second-order valence-electron chi connectivity index (χ2n) is 10.8. The van der Waals surface area contributed by atoms with E-state index in [0.29, 0.717) is 40.5 Å². The Morgan fingerprint density at radius 2 is 1.72 bits per heavy atom. The topological polar surface area (TPSA) is 170 Å². The van der Waals surface area contributed by atoms with Gasteiger partial charge in [0, 0.05) is 37.2 Å². The highest BCUT2D eigenvalue weighted by atomic mass is 35.5. The first-order valence-corrected chi connectivity index (χ1v) is 16.5. The fourth-order valence-electron chi connectivity index (χ4n) is 4.47. The van der Waals surface area contributed by atoms with Gasteiger partial charge in [0.25, 0.3) is 0 Å². The van der Waals surface area contributed by atoms with E-state index in [4.69, 9.17) is 25.9 Å². The highest BCUT2D eigenvalue weighted by Gasteiger charge is 2.22. The van der Waals surface area contributed by atoms with E-state index in [9.17, 15) is 9.59 Å². The average Bonchev–Trinajstić information content (AvgIpc) is 3.17. The van der Waals surface area contributed by atoms with Crippen LogP contribution in [0.5, 0.6) is 5.75 Å². The van der Waals surface area contributed by atoms with Crippen molar-refractivity contribution in [2.75, 3.05) is 58.1 Å². The average molecular weight is 706 g/mol. The standard InChI is InChI=1S/C30H29ClN4O3.C4H9NO.C2H5NO.CH5N/c1-5-19(3)28(37)23-14-26(27(38-4)15-22(23)20-12-10-18(2)11-13-20)34-30-32-16-24(31)29(35-30)33-25-9-7-6-8-21(25)17-36;1-3-6-4-2-5-1;1-3-2-4;1-2/h6-17,19H,5H2,1-4H3,(H2,32,33,34,35);5H,1-4H2;2H,1H3,(H,3,4);2H2,1H3. The van der Waals surface area contributed by atoms with E-state index in [2.05, 4.69) is 37.0 Å². The van der Waals surface area contributed by atoms with Gasteiger partial charge in [-0.15, -0.1) is 0 Å². The number of nitrogens with two attached hydrogens (primary N) is 1. The number of halogens is 1. The van der Waals surface area contributed by atoms with Crippen LogP contribution in [0.3, 0.4) is 0 Å². The van der Waals surface area contributed by atoms with E-state index >= 15 is 0 Å². The summed E-state index contributed by atoms with van der Waals surface area (Å²) in [6, 6.07) is 18.7. The SMILES string of the molecule is C1COCCN1.CCC(C)C(=O)c1cc(Nc2ncc(Cl)c(Nc3ccccc3C=O)n2)c(OC)cc1-c1ccc(C)cc1.CN.CNC=O. The van der Waals surface area contributed by atoms with Crippen molar-refractivity contribution in [1.29, 1.82) is 0 Å². The molecular formula is C37H48ClN7O5. The molecule has 1 aromatic heterocycles. The summed E-state index contributed by atoms with van der Waals surface area (Å²) in [6.07, 6.45) is 3.56. The number of aldehydes is 1. The van der Waals surface area contributed by atoms with Gasteiger partial charge >= 0.3 is 0 Å². The third-order valence-electron chi connectivity index (χ3n) is 7.32. The number of methoxy groups -OCH3 is 1. The van der Waals surface area contributed by atoms with E-state index in [1.807, 2.05) is 51.1 Å². The number of rotatable bonds is 11. The number of hydrogen-bond donors (Lipinski definition) is 5. The zero-order chi connectivity index (χ0) is 36.9. The van der Waals surface area contributed by atoms with E-state index in [1.165, 1.54) is 13.2 Å². The number of morpholine rings is 1. The number of aryl methyl sites for hydroxylation is 1. The molecule has 12 nitrogen and oxygen atoms in total. The molecule has 6 N–H and O–H groups in total. The summed E-state index contributed by atoms with van der Waals surface area (Å²) in [5.74, 6) is 0.980. The number of para-hydroxylation sites is 1. The molecule has 0 saturated carbocycles. The Balaban J connectivity index is 0.000000619. The smallest absolute Gasteiger partial charge is 0.229 e. The van der Waals surface area contributed by atoms with Gasteiger partial charge in [0.1, 0.15) is 10.8 Å². The molecule has 1 fully saturated rings. The van der Waals surface area contributed by atoms with Gasteiger partial charge in [-0.05, 0) is 55.8 Å². The molecule has 3 aromatic carbocycles. The summed E-state index contributed by atoms with van der Waals surface area (Å²) in [7, 11) is 4.63. The van der Waals surface area contributed by atoms with E-state index in [-0.39, 0.29) is 22.7 Å². The predicted molar refractivity (Wildman–Crippen MR) is 201 cm³/mol. The van der Waals surface area contributed by atoms with Crippen molar-refractivity contribution in [3.05, 3.63) is 88.6 Å². The fraction of sp³-hybridized carbons (Fsp3) is 0.324. The first-order valence-electron chi connectivity index (χ1n) is 16.2. The maximum absolute atomic E-state index is 13.4. The summed E-state index contributed by atoms with van der Waals surface area (Å²) >= 11 is 6.35. The Labute approximate surface area is 299 Å². The maximum Gasteiger partial charge on any atom is 0.229 e. The van der Waals surface area contributed by atoms with Crippen LogP contribution < -0.4 is 31.7 Å². The minimum atomic E-state index is -0.152. The molecule has 1 aliphatic rings. The van der Waals surface area contributed by atoms with Crippen molar-refractivity contribution in [1.82, 2.24) is 20.6 Å². The van der Waals surface area contributed by atoms with Crippen LogP contribution in [0, 0.1) is 12.8 Å². The summed E-state index contributed by atoms with van der Waals surface area (Å²) < 4.78 is 10.7. The number of benzene rings is 3. The van der Waals surface area contributed by atoms with Crippen LogP contribution >= 0.6 is 11.6 Å². The van der Waals surface area contributed by atoms with Crippen molar-refractivity contribution >= 4 is 53.2 Å². The predicted octanol–water partition coefficient (Wildman–Crippen LogP) is 6.19. The first kappa shape index (κ1) is 41.3. The third kappa shape index (κ3) is 12.5. The van der Waals surface area contributed by atoms with Crippen LogP contribution in [-0.4, -0.2) is 76.0 Å². The Morgan fingerprint density at radius 3 is 2.26 bits per heavy atom. The summed E-state index contributed by atoms with van der Waals surface area (Å²) in [5.41, 5.74) is 9.51. The minimum absolute atomic E-state index is 0.0404. The molecule has 5 rings (SSSR count). The van der Waals surface area contributed by atoms with Gasteiger partial charge in [-0.2, -0.15) is 4.98 Å². The largest absolute Gasteiger partial charge is 0.495 e. The van der Waals surface area contributed by atoms with Crippen LogP contribution in [0.25, 0.3) is 11.1 Å². The number of amides is 1. The lowest BCUT2D eigenvalue weighted by atomic mass is 9.89. The highest BCUT2D eigenvalue weighted by Crippen LogP contribution is 2.37. The van der Waals surface area contributed by atoms with Gasteiger partial charge < -0.3 is 36.5 Å². The Morgan fingerprint density at radius 1 is 1.06 bits per heavy atom. The first-order chi connectivity index (χ1) is 24.3. The monoisotopic (exact) mass is 705 g/mol. The van der Waals surface area contributed by atoms with Crippen molar-refractivity contribution in [2.45, 2.75) is 27.2 Å². The van der Waals surface area contributed by atoms with Crippen molar-refractivity contribution in [3.63, 3.8) is 0 Å². The van der Waals surface area contributed by atoms with Crippen molar-refractivity contribution in [3.8, 4) is 16.9 Å². The minimum Gasteiger partial charge on any atom is -0.495 e. The normalized spacial score (nSPS) is 12.2. The maximum atomic E-state index is 13.4. The van der Waals surface area contributed by atoms with Gasteiger partial charge in [0.15, 0.2) is 17.9 Å². The molecule has 1 saturated heterocycles. The number of Topliss-reactive ketones (excluding diaryl/α,β-unsaturated/α-hetero) is 1. The molecule has 0 aliphatic carbocycles. The summed E-state index contributed by atoms with van der Waals surface area (Å²) in [5, 5.41) is 12.0. The van der Waals surface area contributed by atoms with Crippen LogP contribution in [0.1, 0.15) is 46.5 Å². The number of nitrogens with zero attached hydrogens (tertiary/aromatic N) is 2. The number of aromatic nitrogens is 2. The van der Waals surface area contributed by atoms with E-state index in [0.717, 1.165) is 55.7 Å². The van der Waals surface area contributed by atoms with Crippen LogP contribution in [0.4, 0.5) is 23.1 Å². The van der Waals surface area contributed by atoms with Gasteiger partial charge in [0.2, 0.25) is 12.4 Å². The number of hydrogen-bond acceptors (Lipinski definition) is 11. The Bertz CT molecular complexity index is 1640. The number of ketones is 1. The second kappa shape index (κ2) is 22.7. The fourth-order valence-corrected chi connectivity index (χ4v) is 4.60. The summed E-state index contributed by atoms with van der Waals surface area (Å²) in [6.45, 7) is 9.78. The number of nitrogens with one attached hydrogen (secondary N) is 4. The number of carbonyl (C=O) groups is 3. The number of anilines is 4. The Hall–Kier alpha value is -4.88. The van der Waals surface area contributed by atoms with Gasteiger partial charge in [-0.1, -0.05) is 67.4 Å². The van der Waals surface area contributed by atoms with Gasteiger partial charge in [-0.25, -0.2) is 4.98 Å². The van der Waals surface area contributed by atoms with E-state index < -0.39 is 0 Å². The van der Waals surface area contributed by atoms with E-state index in [1.54, 1.807) is 44.5 Å². The lowest BCUT2D eigenvalue weighted by Crippen LogP contribution is -2.30. The number of ether oxygens (including phenoxy) is 2. The zero-order valence-corrected chi connectivity index (χ0v) is 30.3. The van der Waals surface area contributed by atoms with Gasteiger partial charge in [0.05, 0.1) is 37.9 Å². The second-order valence-corrected chi connectivity index (χ2v) is 11.2. The molecule has 1 aliphatic heterocycles. The molecule has 2 heterocycles. The van der Waals surface area contributed by atoms with Crippen molar-refractivity contribution < 1.29 is 23.9 Å². The molecule has 50 heavy (non-hydrogen) atoms. The lowest BCUT2D eigenvalue weighted by Gasteiger charge is -2.18.